The largest absolute Gasteiger partial charge is 0.461 e. The van der Waals surface area contributed by atoms with Crippen LogP contribution in [0.15, 0.2) is 36.4 Å². The summed E-state index contributed by atoms with van der Waals surface area (Å²) in [5.41, 5.74) is -1.39. The van der Waals surface area contributed by atoms with Crippen molar-refractivity contribution in [2.75, 3.05) is 6.61 Å². The summed E-state index contributed by atoms with van der Waals surface area (Å²) in [6.45, 7) is 1.17. The van der Waals surface area contributed by atoms with Gasteiger partial charge in [-0.05, 0) is 31.2 Å². The Morgan fingerprint density at radius 1 is 1.00 bits per heavy atom. The van der Waals surface area contributed by atoms with Gasteiger partial charge in [0, 0.05) is 5.56 Å². The van der Waals surface area contributed by atoms with Gasteiger partial charge in [0.15, 0.2) is 0 Å². The van der Waals surface area contributed by atoms with E-state index < -0.39 is 29.3 Å². The van der Waals surface area contributed by atoms with Gasteiger partial charge in [0.25, 0.3) is 0 Å². The van der Waals surface area contributed by atoms with Crippen LogP contribution in [0.4, 0.5) is 22.0 Å². The van der Waals surface area contributed by atoms with E-state index in [0.29, 0.717) is 0 Å². The van der Waals surface area contributed by atoms with Crippen molar-refractivity contribution in [3.63, 3.8) is 0 Å². The van der Waals surface area contributed by atoms with Crippen LogP contribution in [0, 0.1) is 0 Å². The molecular weight excluding hydrogens is 335 g/mol. The van der Waals surface area contributed by atoms with E-state index in [0.717, 1.165) is 36.4 Å². The minimum absolute atomic E-state index is 0.0899. The zero-order chi connectivity index (χ0) is 18.0. The predicted octanol–water partition coefficient (Wildman–Crippen LogP) is 3.82. The molecule has 0 radical (unpaired) electrons. The van der Waals surface area contributed by atoms with Crippen molar-refractivity contribution in [1.29, 1.82) is 0 Å². The summed E-state index contributed by atoms with van der Waals surface area (Å²) in [4.78, 5) is 11.2. The third-order valence-electron chi connectivity index (χ3n) is 3.03. The highest BCUT2D eigenvalue weighted by Crippen LogP contribution is 2.31. The maximum atomic E-state index is 13.8. The molecule has 24 heavy (non-hydrogen) atoms. The molecule has 0 aliphatic heterocycles. The monoisotopic (exact) mass is 346 g/mol. The molecule has 0 atom stereocenters. The average molecular weight is 346 g/mol. The number of esters is 1. The highest BCUT2D eigenvalue weighted by atomic mass is 19.4. The summed E-state index contributed by atoms with van der Waals surface area (Å²) >= 11 is 0. The molecule has 0 fully saturated rings. The first-order chi connectivity index (χ1) is 11.2. The Morgan fingerprint density at radius 2 is 1.62 bits per heavy atom. The average Bonchev–Trinajstić information content (AvgIpc) is 2.54. The number of hydrogen-bond donors (Lipinski definition) is 0. The van der Waals surface area contributed by atoms with Crippen LogP contribution >= 0.6 is 0 Å². The van der Waals surface area contributed by atoms with Crippen molar-refractivity contribution in [3.05, 3.63) is 47.7 Å². The molecule has 128 valence electrons. The molecule has 2 aromatic rings. The topological polar surface area (TPSA) is 52.1 Å². The van der Waals surface area contributed by atoms with Crippen molar-refractivity contribution in [2.24, 2.45) is 0 Å². The third kappa shape index (κ3) is 3.66. The number of carbonyl (C=O) groups excluding carboxylic acids is 1. The fourth-order valence-electron chi connectivity index (χ4n) is 1.81. The number of halogens is 5. The predicted molar refractivity (Wildman–Crippen MR) is 73.0 cm³/mol. The van der Waals surface area contributed by atoms with Gasteiger partial charge in [-0.25, -0.2) is 4.79 Å². The normalized spacial score (nSPS) is 12.1. The molecule has 0 N–H and O–H groups in total. The Hall–Kier alpha value is -2.58. The summed E-state index contributed by atoms with van der Waals surface area (Å²) in [5, 5.41) is 6.81. The van der Waals surface area contributed by atoms with Crippen LogP contribution in [0.1, 0.15) is 18.2 Å². The fraction of sp³-hybridized carbons (Fsp3) is 0.267. The standard InChI is InChI=1S/C15H11F5N2O2/c1-2-24-13(23)14(16,17)12-8-7-11(21-22-12)9-3-5-10(6-4-9)15(18,19)20/h3-8H,2H2,1H3. The molecule has 0 unspecified atom stereocenters. The zero-order valence-electron chi connectivity index (χ0n) is 12.3. The van der Waals surface area contributed by atoms with Crippen molar-refractivity contribution in [1.82, 2.24) is 10.2 Å². The van der Waals surface area contributed by atoms with Gasteiger partial charge in [0.05, 0.1) is 17.9 Å². The van der Waals surface area contributed by atoms with Crippen molar-refractivity contribution >= 4 is 5.97 Å². The third-order valence-corrected chi connectivity index (χ3v) is 3.03. The van der Waals surface area contributed by atoms with Crippen LogP contribution in [0.25, 0.3) is 11.3 Å². The first-order valence-corrected chi connectivity index (χ1v) is 6.73. The molecule has 0 saturated carbocycles. The molecular formula is C15H11F5N2O2. The maximum absolute atomic E-state index is 13.8. The fourth-order valence-corrected chi connectivity index (χ4v) is 1.81. The van der Waals surface area contributed by atoms with Gasteiger partial charge in [-0.15, -0.1) is 5.10 Å². The number of nitrogens with zero attached hydrogens (tertiary/aromatic N) is 2. The molecule has 1 heterocycles. The second-order valence-corrected chi connectivity index (χ2v) is 4.67. The lowest BCUT2D eigenvalue weighted by Gasteiger charge is -2.13. The van der Waals surface area contributed by atoms with Gasteiger partial charge < -0.3 is 4.74 Å². The Labute approximate surface area is 133 Å². The highest BCUT2D eigenvalue weighted by Gasteiger charge is 2.44. The van der Waals surface area contributed by atoms with E-state index in [1.807, 2.05) is 0 Å². The smallest absolute Gasteiger partial charge is 0.416 e. The van der Waals surface area contributed by atoms with Gasteiger partial charge in [-0.3, -0.25) is 0 Å². The van der Waals surface area contributed by atoms with E-state index in [2.05, 4.69) is 14.9 Å². The van der Waals surface area contributed by atoms with Crippen molar-refractivity contribution in [2.45, 2.75) is 19.0 Å². The SMILES string of the molecule is CCOC(=O)C(F)(F)c1ccc(-c2ccc(C(F)(F)F)cc2)nn1. The van der Waals surface area contributed by atoms with E-state index in [1.54, 1.807) is 0 Å². The first-order valence-electron chi connectivity index (χ1n) is 6.73. The molecule has 0 amide bonds. The number of hydrogen-bond acceptors (Lipinski definition) is 4. The van der Waals surface area contributed by atoms with Crippen LogP contribution in [-0.4, -0.2) is 22.8 Å². The molecule has 0 saturated heterocycles. The summed E-state index contributed by atoms with van der Waals surface area (Å²) in [5.74, 6) is -5.71. The molecule has 0 aliphatic carbocycles. The van der Waals surface area contributed by atoms with Gasteiger partial charge in [0.1, 0.15) is 5.69 Å². The highest BCUT2D eigenvalue weighted by molar-refractivity contribution is 5.78. The number of ether oxygens (including phenoxy) is 1. The second-order valence-electron chi connectivity index (χ2n) is 4.67. The van der Waals surface area contributed by atoms with Gasteiger partial charge in [-0.2, -0.15) is 27.1 Å². The lowest BCUT2D eigenvalue weighted by atomic mass is 10.1. The number of alkyl halides is 5. The lowest BCUT2D eigenvalue weighted by Crippen LogP contribution is -2.29. The van der Waals surface area contributed by atoms with Gasteiger partial charge >= 0.3 is 18.1 Å². The molecule has 0 aliphatic rings. The molecule has 1 aromatic carbocycles. The minimum Gasteiger partial charge on any atom is -0.461 e. The Morgan fingerprint density at radius 3 is 2.08 bits per heavy atom. The van der Waals surface area contributed by atoms with Gasteiger partial charge in [-0.1, -0.05) is 12.1 Å². The van der Waals surface area contributed by atoms with E-state index in [-0.39, 0.29) is 17.9 Å². The quantitative estimate of drug-likeness (QED) is 0.624. The first kappa shape index (κ1) is 17.8. The molecule has 4 nitrogen and oxygen atoms in total. The van der Waals surface area contributed by atoms with Crippen LogP contribution in [-0.2, 0) is 21.6 Å². The van der Waals surface area contributed by atoms with Crippen LogP contribution in [0.2, 0.25) is 0 Å². The van der Waals surface area contributed by atoms with E-state index in [1.165, 1.54) is 6.92 Å². The number of rotatable bonds is 4. The number of carbonyl (C=O) groups is 1. The summed E-state index contributed by atoms with van der Waals surface area (Å²) < 4.78 is 69.2. The Balaban J connectivity index is 2.25. The van der Waals surface area contributed by atoms with E-state index in [9.17, 15) is 26.7 Å². The maximum Gasteiger partial charge on any atom is 0.416 e. The summed E-state index contributed by atoms with van der Waals surface area (Å²) in [7, 11) is 0. The molecule has 1 aromatic heterocycles. The molecule has 0 bridgehead atoms. The summed E-state index contributed by atoms with van der Waals surface area (Å²) in [6, 6.07) is 6.00. The summed E-state index contributed by atoms with van der Waals surface area (Å²) in [6.07, 6.45) is -4.48. The number of aromatic nitrogens is 2. The lowest BCUT2D eigenvalue weighted by molar-refractivity contribution is -0.173. The number of benzene rings is 1. The van der Waals surface area contributed by atoms with E-state index >= 15 is 0 Å². The zero-order valence-corrected chi connectivity index (χ0v) is 12.3. The van der Waals surface area contributed by atoms with Crippen molar-refractivity contribution in [3.8, 4) is 11.3 Å². The molecule has 2 rings (SSSR count). The molecule has 0 spiro atoms. The van der Waals surface area contributed by atoms with Crippen LogP contribution in [0.5, 0.6) is 0 Å². The molecule has 9 heteroatoms. The second kappa shape index (κ2) is 6.50. The van der Waals surface area contributed by atoms with Crippen LogP contribution in [0.3, 0.4) is 0 Å². The van der Waals surface area contributed by atoms with Gasteiger partial charge in [0.2, 0.25) is 0 Å². The Kier molecular flexibility index (Phi) is 4.81. The minimum atomic E-state index is -4.48. The Bertz CT molecular complexity index is 712. The van der Waals surface area contributed by atoms with Crippen molar-refractivity contribution < 1.29 is 31.5 Å². The van der Waals surface area contributed by atoms with Crippen LogP contribution < -0.4 is 0 Å². The van der Waals surface area contributed by atoms with E-state index in [4.69, 9.17) is 0 Å².